The maximum absolute atomic E-state index is 11.5. The molecule has 0 fully saturated rings. The second-order valence-electron chi connectivity index (χ2n) is 2.93. The molecule has 6 heteroatoms. The van der Waals surface area contributed by atoms with Crippen molar-refractivity contribution < 1.29 is 42.2 Å². The molecule has 0 amide bonds. The molecule has 1 aromatic heterocycles. The molecule has 1 aromatic rings. The first-order valence-electron chi connectivity index (χ1n) is 4.21. The van der Waals surface area contributed by atoms with Gasteiger partial charge >= 0.3 is 0 Å². The van der Waals surface area contributed by atoms with E-state index in [1.807, 2.05) is 0 Å². The maximum Gasteiger partial charge on any atom is 0.250 e. The second-order valence-corrected chi connectivity index (χ2v) is 2.93. The van der Waals surface area contributed by atoms with Gasteiger partial charge in [-0.2, -0.15) is 6.07 Å². The average molecular weight is 293 g/mol. The van der Waals surface area contributed by atoms with Gasteiger partial charge in [0.1, 0.15) is 0 Å². The van der Waals surface area contributed by atoms with Crippen LogP contribution < -0.4 is 0 Å². The number of ketones is 1. The van der Waals surface area contributed by atoms with Gasteiger partial charge in [0.15, 0.2) is 5.90 Å². The summed E-state index contributed by atoms with van der Waals surface area (Å²) < 4.78 is 4.56. The van der Waals surface area contributed by atoms with Gasteiger partial charge in [0.25, 0.3) is 5.90 Å². The van der Waals surface area contributed by atoms with Crippen molar-refractivity contribution >= 4 is 17.6 Å². The number of aryl methyl sites for hydroxylation is 1. The third kappa shape index (κ3) is 4.29. The van der Waals surface area contributed by atoms with Crippen LogP contribution in [-0.2, 0) is 37.4 Å². The maximum atomic E-state index is 11.5. The fraction of sp³-hybridized carbons (Fsp3) is 0.200. The molecule has 16 heavy (non-hydrogen) atoms. The fourth-order valence-electron chi connectivity index (χ4n) is 0.863. The number of nitrogens with one attached hydrogen (secondary N) is 2. The zero-order chi connectivity index (χ0) is 11.4. The van der Waals surface area contributed by atoms with Crippen LogP contribution in [0.2, 0.25) is 0 Å². The molecule has 0 aromatic carbocycles. The van der Waals surface area contributed by atoms with Crippen LogP contribution in [-0.4, -0.2) is 22.6 Å². The van der Waals surface area contributed by atoms with Gasteiger partial charge in [-0.05, 0) is 0 Å². The Balaban J connectivity index is 0.00000225. The van der Waals surface area contributed by atoms with Crippen LogP contribution in [0.5, 0.6) is 0 Å². The number of rotatable bonds is 2. The number of hydrogen-bond donors (Lipinski definition) is 2. The summed E-state index contributed by atoms with van der Waals surface area (Å²) >= 11 is 0. The summed E-state index contributed by atoms with van der Waals surface area (Å²) in [5.41, 5.74) is 0.897. The van der Waals surface area contributed by atoms with Gasteiger partial charge in [-0.3, -0.25) is 15.6 Å². The Labute approximate surface area is 119 Å². The first-order valence-corrected chi connectivity index (χ1v) is 4.21. The van der Waals surface area contributed by atoms with Gasteiger partial charge in [-0.1, -0.05) is 13.1 Å². The van der Waals surface area contributed by atoms with Crippen molar-refractivity contribution in [3.63, 3.8) is 0 Å². The van der Waals surface area contributed by atoms with Gasteiger partial charge < -0.3 is 9.72 Å². The van der Waals surface area contributed by atoms with Crippen LogP contribution in [0, 0.1) is 23.8 Å². The molecular formula is C10H10N3O2Y-. The van der Waals surface area contributed by atoms with Gasteiger partial charge in [-0.15, -0.1) is 11.6 Å². The molecule has 0 spiro atoms. The van der Waals surface area contributed by atoms with Crippen LogP contribution in [0.1, 0.15) is 23.0 Å². The van der Waals surface area contributed by atoms with Crippen molar-refractivity contribution in [2.45, 2.75) is 13.8 Å². The summed E-state index contributed by atoms with van der Waals surface area (Å²) in [6, 6.07) is 4.20. The van der Waals surface area contributed by atoms with Crippen LogP contribution in [0.15, 0.2) is 12.3 Å². The zero-order valence-corrected chi connectivity index (χ0v) is 11.8. The minimum Gasteiger partial charge on any atom is -0.423 e. The molecule has 0 atom stereocenters. The number of Topliss-reactive ketones (excluding diaryl/α,β-unsaturated/α-hetero) is 1. The van der Waals surface area contributed by atoms with E-state index in [0.29, 0.717) is 0 Å². The third-order valence-corrected chi connectivity index (χ3v) is 1.53. The summed E-state index contributed by atoms with van der Waals surface area (Å²) in [4.78, 5) is 15.3. The summed E-state index contributed by atoms with van der Waals surface area (Å²) in [5.74, 6) is -1.46. The third-order valence-electron chi connectivity index (χ3n) is 1.53. The molecule has 1 rings (SSSR count). The molecular weight excluding hydrogens is 283 g/mol. The Bertz CT molecular complexity index is 415. The summed E-state index contributed by atoms with van der Waals surface area (Å²) in [5, 5.41) is 14.2. The minimum absolute atomic E-state index is 0. The largest absolute Gasteiger partial charge is 0.423 e. The summed E-state index contributed by atoms with van der Waals surface area (Å²) in [6.45, 7) is 3.14. The Morgan fingerprint density at radius 2 is 2.12 bits per heavy atom. The number of hydrogen-bond acceptors (Lipinski definition) is 5. The Morgan fingerprint density at radius 3 is 2.56 bits per heavy atom. The first kappa shape index (κ1) is 15.1. The Morgan fingerprint density at radius 1 is 1.50 bits per heavy atom. The second kappa shape index (κ2) is 6.60. The predicted octanol–water partition coefficient (Wildman–Crippen LogP) is 1.36. The van der Waals surface area contributed by atoms with E-state index in [1.54, 1.807) is 6.92 Å². The van der Waals surface area contributed by atoms with E-state index in [4.69, 9.17) is 10.8 Å². The van der Waals surface area contributed by atoms with Crippen molar-refractivity contribution in [3.05, 3.63) is 29.6 Å². The van der Waals surface area contributed by atoms with Gasteiger partial charge in [0.05, 0.1) is 0 Å². The standard InChI is InChI=1S/C10H10N3O2.Y/c1-6-3-4-8(13-5-6)9(14)10(12)15-7(2)11;/h4-5,11-12H,1-2H3;/q-1;. The average Bonchev–Trinajstić information content (AvgIpc) is 2.17. The molecule has 0 unspecified atom stereocenters. The monoisotopic (exact) mass is 293 g/mol. The molecule has 81 valence electrons. The van der Waals surface area contributed by atoms with E-state index in [9.17, 15) is 4.79 Å². The number of carbonyl (C=O) groups excluding carboxylic acids is 1. The van der Waals surface area contributed by atoms with Gasteiger partial charge in [0, 0.05) is 45.3 Å². The summed E-state index contributed by atoms with van der Waals surface area (Å²) in [6.07, 6.45) is 1.48. The predicted molar refractivity (Wildman–Crippen MR) is 54.4 cm³/mol. The molecule has 0 bridgehead atoms. The molecule has 1 radical (unpaired) electrons. The van der Waals surface area contributed by atoms with Gasteiger partial charge in [-0.25, -0.2) is 0 Å². The normalized spacial score (nSPS) is 8.88. The molecule has 0 aliphatic heterocycles. The number of ether oxygens (including phenoxy) is 1. The smallest absolute Gasteiger partial charge is 0.250 e. The van der Waals surface area contributed by atoms with Crippen LogP contribution >= 0.6 is 0 Å². The number of carbonyl (C=O) groups is 1. The Kier molecular flexibility index (Phi) is 6.22. The molecule has 0 aliphatic carbocycles. The molecule has 0 saturated carbocycles. The molecule has 1 heterocycles. The molecule has 2 N–H and O–H groups in total. The van der Waals surface area contributed by atoms with Crippen molar-refractivity contribution in [2.24, 2.45) is 0 Å². The number of nitrogens with zero attached hydrogens (tertiary/aromatic N) is 1. The Hall–Kier alpha value is -0.936. The molecule has 0 aliphatic rings. The summed E-state index contributed by atoms with van der Waals surface area (Å²) in [7, 11) is 0. The van der Waals surface area contributed by atoms with Crippen molar-refractivity contribution in [2.75, 3.05) is 0 Å². The van der Waals surface area contributed by atoms with E-state index in [1.165, 1.54) is 19.2 Å². The van der Waals surface area contributed by atoms with Crippen LogP contribution in [0.4, 0.5) is 0 Å². The number of pyridine rings is 1. The van der Waals surface area contributed by atoms with E-state index >= 15 is 0 Å². The first-order chi connectivity index (χ1) is 7.00. The SMILES string of the molecule is CC(=N)OC(=N)C(=O)c1c[c-]c(C)cn1.[Y]. The van der Waals surface area contributed by atoms with Crippen LogP contribution in [0.3, 0.4) is 0 Å². The van der Waals surface area contributed by atoms with Crippen molar-refractivity contribution in [1.82, 2.24) is 4.98 Å². The minimum atomic E-state index is -0.655. The molecule has 0 saturated heterocycles. The van der Waals surface area contributed by atoms with Crippen LogP contribution in [0.25, 0.3) is 0 Å². The van der Waals surface area contributed by atoms with E-state index < -0.39 is 11.7 Å². The van der Waals surface area contributed by atoms with Gasteiger partial charge in [0.2, 0.25) is 5.78 Å². The zero-order valence-electron chi connectivity index (χ0n) is 9.00. The van der Waals surface area contributed by atoms with Crippen molar-refractivity contribution in [1.29, 1.82) is 10.8 Å². The van der Waals surface area contributed by atoms with E-state index in [-0.39, 0.29) is 44.3 Å². The fourth-order valence-corrected chi connectivity index (χ4v) is 0.863. The quantitative estimate of drug-likeness (QED) is 0.373. The van der Waals surface area contributed by atoms with E-state index in [2.05, 4.69) is 15.8 Å². The number of aromatic nitrogens is 1. The van der Waals surface area contributed by atoms with E-state index in [0.717, 1.165) is 5.56 Å². The van der Waals surface area contributed by atoms with Crippen molar-refractivity contribution in [3.8, 4) is 0 Å². The molecule has 5 nitrogen and oxygen atoms in total. The topological polar surface area (TPSA) is 86.9 Å².